The fraction of sp³-hybridized carbons (Fsp3) is 0.485. The number of aryl methyl sites for hydroxylation is 1. The maximum Gasteiger partial charge on any atom is 0.259 e. The highest BCUT2D eigenvalue weighted by molar-refractivity contribution is 6.09. The number of aliphatic hydroxyl groups is 1. The molecule has 2 N–H and O–H groups in total. The molecule has 1 aromatic carbocycles. The van der Waals surface area contributed by atoms with Crippen molar-refractivity contribution in [2.75, 3.05) is 36.4 Å². The molecule has 4 fully saturated rings. The number of halogens is 3. The fourth-order valence-electron chi connectivity index (χ4n) is 7.71. The van der Waals surface area contributed by atoms with Crippen LogP contribution in [-0.2, 0) is 4.79 Å². The van der Waals surface area contributed by atoms with Gasteiger partial charge in [0.2, 0.25) is 24.0 Å². The Morgan fingerprint density at radius 2 is 1.98 bits per heavy atom. The highest BCUT2D eigenvalue weighted by Crippen LogP contribution is 2.56. The normalized spacial score (nSPS) is 24.1. The molecule has 2 saturated carbocycles. The lowest BCUT2D eigenvalue weighted by Gasteiger charge is -2.63. The van der Waals surface area contributed by atoms with Gasteiger partial charge in [-0.05, 0) is 56.4 Å². The standard InChI is InChI=1S/C33H34F3N7O4/c1-18-2-3-19(28-39-30(47-40-28)20-4-6-41(13-20)31(45)22-10-24(22)34)8-25(18)38-29(44)23-12-37-43-7-5-21(9-26(23)43)42-16-32(17-42)14-33(46,15-32)11-27(35)36/h2-3,5,7-9,12,20,22,24,27,46H,4,6,10-11,13-17H2,1H3,(H,38,44)/t20?,22-,24-/m0/s1. The minimum absolute atomic E-state index is 0.119. The van der Waals surface area contributed by atoms with Crippen molar-refractivity contribution in [3.63, 3.8) is 0 Å². The number of amides is 2. The van der Waals surface area contributed by atoms with E-state index in [9.17, 15) is 27.9 Å². The van der Waals surface area contributed by atoms with Gasteiger partial charge in [-0.25, -0.2) is 17.7 Å². The summed E-state index contributed by atoms with van der Waals surface area (Å²) in [5.74, 6) is -0.338. The van der Waals surface area contributed by atoms with Gasteiger partial charge in [-0.3, -0.25) is 9.59 Å². The zero-order valence-corrected chi connectivity index (χ0v) is 25.7. The van der Waals surface area contributed by atoms with E-state index < -0.39 is 30.5 Å². The highest BCUT2D eigenvalue weighted by Gasteiger charge is 2.60. The Balaban J connectivity index is 0.939. The maximum absolute atomic E-state index is 13.5. The lowest BCUT2D eigenvalue weighted by Crippen LogP contribution is -2.68. The van der Waals surface area contributed by atoms with Crippen LogP contribution in [-0.4, -0.2) is 86.0 Å². The number of aromatic nitrogens is 4. The molecule has 4 aromatic rings. The second kappa shape index (κ2) is 10.8. The molecule has 4 aliphatic rings. The summed E-state index contributed by atoms with van der Waals surface area (Å²) in [5.41, 5.74) is 2.52. The summed E-state index contributed by atoms with van der Waals surface area (Å²) in [6.45, 7) is 4.15. The van der Waals surface area contributed by atoms with E-state index in [1.165, 1.54) is 6.20 Å². The number of nitrogens with zero attached hydrogens (tertiary/aromatic N) is 6. The average Bonchev–Trinajstić information content (AvgIpc) is 3.42. The Morgan fingerprint density at radius 3 is 2.72 bits per heavy atom. The lowest BCUT2D eigenvalue weighted by atomic mass is 9.54. The summed E-state index contributed by atoms with van der Waals surface area (Å²) in [6.07, 6.45) is 0.966. The smallest absolute Gasteiger partial charge is 0.259 e. The minimum Gasteiger partial charge on any atom is -0.390 e. The number of carbonyl (C=O) groups is 2. The summed E-state index contributed by atoms with van der Waals surface area (Å²) in [4.78, 5) is 34.4. The molecule has 1 spiro atoms. The molecule has 11 nitrogen and oxygen atoms in total. The third-order valence-corrected chi connectivity index (χ3v) is 10.2. The summed E-state index contributed by atoms with van der Waals surface area (Å²) in [7, 11) is 0. The van der Waals surface area contributed by atoms with Gasteiger partial charge in [-0.2, -0.15) is 10.1 Å². The second-order valence-electron chi connectivity index (χ2n) is 13.9. The van der Waals surface area contributed by atoms with Crippen molar-refractivity contribution >= 4 is 28.7 Å². The largest absolute Gasteiger partial charge is 0.390 e. The van der Waals surface area contributed by atoms with Gasteiger partial charge in [0.25, 0.3) is 5.91 Å². The van der Waals surface area contributed by atoms with E-state index in [4.69, 9.17) is 4.52 Å². The molecular formula is C33H34F3N7O4. The van der Waals surface area contributed by atoms with Crippen LogP contribution in [0.4, 0.5) is 24.5 Å². The van der Waals surface area contributed by atoms with Gasteiger partial charge >= 0.3 is 0 Å². The predicted octanol–water partition coefficient (Wildman–Crippen LogP) is 4.61. The van der Waals surface area contributed by atoms with Gasteiger partial charge in [0.05, 0.1) is 34.7 Å². The summed E-state index contributed by atoms with van der Waals surface area (Å²) in [5, 5.41) is 21.9. The quantitative estimate of drug-likeness (QED) is 0.283. The molecule has 3 atom stereocenters. The van der Waals surface area contributed by atoms with Gasteiger partial charge < -0.3 is 24.7 Å². The Hall–Kier alpha value is -4.46. The third-order valence-electron chi connectivity index (χ3n) is 10.2. The monoisotopic (exact) mass is 649 g/mol. The van der Waals surface area contributed by atoms with E-state index in [-0.39, 0.29) is 23.1 Å². The van der Waals surface area contributed by atoms with Crippen molar-refractivity contribution in [3.8, 4) is 11.4 Å². The number of pyridine rings is 1. The van der Waals surface area contributed by atoms with Crippen molar-refractivity contribution in [2.24, 2.45) is 11.3 Å². The van der Waals surface area contributed by atoms with E-state index in [2.05, 4.69) is 25.5 Å². The fourth-order valence-corrected chi connectivity index (χ4v) is 7.71. The first kappa shape index (κ1) is 29.9. The van der Waals surface area contributed by atoms with Crippen molar-refractivity contribution in [1.29, 1.82) is 0 Å². The first-order valence-electron chi connectivity index (χ1n) is 15.9. The molecule has 0 radical (unpaired) electrons. The zero-order chi connectivity index (χ0) is 32.7. The Bertz CT molecular complexity index is 1880. The van der Waals surface area contributed by atoms with Gasteiger partial charge in [0, 0.05) is 61.1 Å². The van der Waals surface area contributed by atoms with E-state index in [1.807, 2.05) is 31.2 Å². The molecule has 2 aliphatic carbocycles. The highest BCUT2D eigenvalue weighted by atomic mass is 19.3. The number of carbonyl (C=O) groups excluding carboxylic acids is 2. The van der Waals surface area contributed by atoms with Gasteiger partial charge in [0.15, 0.2) is 0 Å². The number of benzene rings is 1. The van der Waals surface area contributed by atoms with E-state index >= 15 is 0 Å². The lowest BCUT2D eigenvalue weighted by molar-refractivity contribution is -0.161. The molecule has 14 heteroatoms. The van der Waals surface area contributed by atoms with Crippen LogP contribution in [0.5, 0.6) is 0 Å². The Labute approximate surface area is 267 Å². The van der Waals surface area contributed by atoms with Crippen LogP contribution in [0.1, 0.15) is 59.8 Å². The van der Waals surface area contributed by atoms with Crippen molar-refractivity contribution in [1.82, 2.24) is 24.7 Å². The van der Waals surface area contributed by atoms with E-state index in [1.54, 1.807) is 21.7 Å². The van der Waals surface area contributed by atoms with Gasteiger partial charge in [0.1, 0.15) is 6.17 Å². The molecule has 8 rings (SSSR count). The average molecular weight is 650 g/mol. The van der Waals surface area contributed by atoms with Crippen LogP contribution in [0, 0.1) is 18.3 Å². The van der Waals surface area contributed by atoms with Gasteiger partial charge in [-0.1, -0.05) is 17.3 Å². The molecule has 2 amide bonds. The van der Waals surface area contributed by atoms with Crippen LogP contribution < -0.4 is 10.2 Å². The molecule has 2 aliphatic heterocycles. The van der Waals surface area contributed by atoms with E-state index in [0.29, 0.717) is 85.9 Å². The summed E-state index contributed by atoms with van der Waals surface area (Å²) in [6, 6.07) is 9.28. The second-order valence-corrected chi connectivity index (χ2v) is 13.9. The number of hydrogen-bond donors (Lipinski definition) is 2. The van der Waals surface area contributed by atoms with Crippen LogP contribution >= 0.6 is 0 Å². The number of fused-ring (bicyclic) bond motifs is 1. The topological polar surface area (TPSA) is 129 Å². The van der Waals surface area contributed by atoms with Crippen LogP contribution in [0.2, 0.25) is 0 Å². The number of rotatable bonds is 8. The van der Waals surface area contributed by atoms with Gasteiger partial charge in [-0.15, -0.1) is 0 Å². The molecule has 246 valence electrons. The van der Waals surface area contributed by atoms with Crippen molar-refractivity contribution in [3.05, 3.63) is 59.7 Å². The number of alkyl halides is 3. The maximum atomic E-state index is 13.5. The van der Waals surface area contributed by atoms with Crippen molar-refractivity contribution < 1.29 is 32.4 Å². The first-order chi connectivity index (χ1) is 22.5. The van der Waals surface area contributed by atoms with Crippen LogP contribution in [0.15, 0.2) is 47.2 Å². The summed E-state index contributed by atoms with van der Waals surface area (Å²) < 4.78 is 46.2. The van der Waals surface area contributed by atoms with E-state index in [0.717, 1.165) is 11.3 Å². The molecule has 2 saturated heterocycles. The number of likely N-dealkylation sites (tertiary alicyclic amines) is 1. The SMILES string of the molecule is Cc1ccc(-c2noc(C3CCN(C(=O)[C@H]4C[C@@H]4F)C3)n2)cc1NC(=O)c1cnn2ccc(N3CC4(C3)CC(O)(CC(F)F)C4)cc12. The zero-order valence-electron chi connectivity index (χ0n) is 25.7. The molecule has 5 heterocycles. The Morgan fingerprint density at radius 1 is 1.19 bits per heavy atom. The molecule has 47 heavy (non-hydrogen) atoms. The van der Waals surface area contributed by atoms with Crippen molar-refractivity contribution in [2.45, 2.75) is 63.1 Å². The molecule has 3 aromatic heterocycles. The minimum atomic E-state index is -2.52. The molecular weight excluding hydrogens is 615 g/mol. The number of anilines is 2. The van der Waals surface area contributed by atoms with Crippen LogP contribution in [0.25, 0.3) is 16.9 Å². The summed E-state index contributed by atoms with van der Waals surface area (Å²) >= 11 is 0. The predicted molar refractivity (Wildman–Crippen MR) is 164 cm³/mol. The third kappa shape index (κ3) is 5.41. The Kier molecular flexibility index (Phi) is 6.87. The number of hydrogen-bond acceptors (Lipinski definition) is 8. The molecule has 0 bridgehead atoms. The molecule has 1 unspecified atom stereocenters. The first-order valence-corrected chi connectivity index (χ1v) is 15.9. The van der Waals surface area contributed by atoms with Crippen LogP contribution in [0.3, 0.4) is 0 Å². The number of nitrogens with one attached hydrogen (secondary N) is 1.